The average Bonchev–Trinajstić information content (AvgIpc) is 3.20. The molecule has 0 aliphatic carbocycles. The highest BCUT2D eigenvalue weighted by Crippen LogP contribution is 2.33. The van der Waals surface area contributed by atoms with Gasteiger partial charge < -0.3 is 10.4 Å². The first-order valence-corrected chi connectivity index (χ1v) is 9.97. The van der Waals surface area contributed by atoms with E-state index in [1.807, 2.05) is 13.8 Å². The van der Waals surface area contributed by atoms with Crippen molar-refractivity contribution in [3.8, 4) is 5.82 Å². The summed E-state index contributed by atoms with van der Waals surface area (Å²) in [6.07, 6.45) is -3.14. The predicted molar refractivity (Wildman–Crippen MR) is 114 cm³/mol. The van der Waals surface area contributed by atoms with Crippen LogP contribution in [0.15, 0.2) is 48.8 Å². The minimum absolute atomic E-state index is 0.0909. The van der Waals surface area contributed by atoms with E-state index in [1.165, 1.54) is 0 Å². The zero-order valence-electron chi connectivity index (χ0n) is 18.1. The van der Waals surface area contributed by atoms with Crippen LogP contribution in [0.25, 0.3) is 16.9 Å². The Labute approximate surface area is 194 Å². The monoisotopic (exact) mass is 493 g/mol. The minimum atomic E-state index is -4.92. The number of carbonyl (C=O) groups excluding carboxylic acids is 1. The number of benzene rings is 2. The van der Waals surface area contributed by atoms with Gasteiger partial charge in [-0.3, -0.25) is 9.36 Å². The Hall–Kier alpha value is -4.42. The van der Waals surface area contributed by atoms with Gasteiger partial charge in [0.1, 0.15) is 17.2 Å². The molecule has 0 bridgehead atoms. The van der Waals surface area contributed by atoms with Crippen molar-refractivity contribution in [3.63, 3.8) is 0 Å². The molecule has 0 fully saturated rings. The van der Waals surface area contributed by atoms with Gasteiger partial charge in [-0.2, -0.15) is 13.2 Å². The number of carboxylic acid groups (broad SMARTS) is 1. The fourth-order valence-corrected chi connectivity index (χ4v) is 3.03. The van der Waals surface area contributed by atoms with E-state index in [0.29, 0.717) is 4.57 Å². The van der Waals surface area contributed by atoms with Crippen molar-refractivity contribution in [1.29, 1.82) is 0 Å². The number of imidazole rings is 1. The van der Waals surface area contributed by atoms with Gasteiger partial charge in [0.2, 0.25) is 5.82 Å². The maximum atomic E-state index is 13.7. The molecule has 2 N–H and O–H groups in total. The number of alkyl halides is 3. The van der Waals surface area contributed by atoms with Crippen molar-refractivity contribution < 1.29 is 36.6 Å². The molecular weight excluding hydrogens is 477 g/mol. The van der Waals surface area contributed by atoms with Crippen LogP contribution in [0.4, 0.5) is 27.8 Å². The minimum Gasteiger partial charge on any atom is -0.478 e. The number of nitrogens with zero attached hydrogens (tertiary/aromatic N) is 4. The fraction of sp³-hybridized carbons (Fsp3) is 0.136. The lowest BCUT2D eigenvalue weighted by Gasteiger charge is -2.11. The molecule has 0 aliphatic rings. The van der Waals surface area contributed by atoms with E-state index >= 15 is 0 Å². The van der Waals surface area contributed by atoms with Crippen molar-refractivity contribution in [3.05, 3.63) is 77.4 Å². The van der Waals surface area contributed by atoms with Crippen LogP contribution in [0, 0.1) is 11.6 Å². The molecule has 2 aromatic carbocycles. The Balaban J connectivity index is 0.00000167. The third-order valence-corrected chi connectivity index (χ3v) is 4.45. The molecule has 13 heteroatoms. The van der Waals surface area contributed by atoms with Crippen LogP contribution in [-0.2, 0) is 6.18 Å². The normalized spacial score (nSPS) is 11.1. The lowest BCUT2D eigenvalue weighted by atomic mass is 10.2. The van der Waals surface area contributed by atoms with Gasteiger partial charge in [0.05, 0.1) is 29.0 Å². The molecule has 2 heterocycles. The largest absolute Gasteiger partial charge is 0.478 e. The van der Waals surface area contributed by atoms with E-state index in [2.05, 4.69) is 20.3 Å². The maximum Gasteiger partial charge on any atom is 0.450 e. The summed E-state index contributed by atoms with van der Waals surface area (Å²) in [7, 11) is 0. The summed E-state index contributed by atoms with van der Waals surface area (Å²) in [4.78, 5) is 34.4. The first kappa shape index (κ1) is 25.2. The number of hydrogen-bond donors (Lipinski definition) is 2. The number of hydrogen-bond acceptors (Lipinski definition) is 5. The molecule has 182 valence electrons. The number of fused-ring (bicyclic) bond motifs is 1. The summed E-state index contributed by atoms with van der Waals surface area (Å²) >= 11 is 0. The van der Waals surface area contributed by atoms with Crippen molar-refractivity contribution >= 4 is 28.7 Å². The van der Waals surface area contributed by atoms with Crippen molar-refractivity contribution in [1.82, 2.24) is 19.5 Å². The molecule has 4 aromatic rings. The van der Waals surface area contributed by atoms with Crippen LogP contribution in [0.2, 0.25) is 0 Å². The second-order valence-electron chi connectivity index (χ2n) is 6.59. The van der Waals surface area contributed by atoms with E-state index in [1.54, 1.807) is 0 Å². The summed E-state index contributed by atoms with van der Waals surface area (Å²) in [6, 6.07) is 6.06. The summed E-state index contributed by atoms with van der Waals surface area (Å²) in [5.41, 5.74) is -1.45. The number of halogens is 5. The van der Waals surface area contributed by atoms with Gasteiger partial charge in [0.15, 0.2) is 11.6 Å². The molecule has 0 radical (unpaired) electrons. The van der Waals surface area contributed by atoms with Gasteiger partial charge in [0, 0.05) is 0 Å². The van der Waals surface area contributed by atoms with E-state index in [9.17, 15) is 31.5 Å². The SMILES string of the molecule is CC.O=C(O)c1ccc2c(c1)nc(C(F)(F)F)n2-c1cnc(NC(=O)c2c(F)cccc2F)cn1. The van der Waals surface area contributed by atoms with Gasteiger partial charge in [-0.25, -0.2) is 28.5 Å². The summed E-state index contributed by atoms with van der Waals surface area (Å²) in [5, 5.41) is 11.2. The highest BCUT2D eigenvalue weighted by atomic mass is 19.4. The van der Waals surface area contributed by atoms with Crippen LogP contribution in [0.5, 0.6) is 0 Å². The van der Waals surface area contributed by atoms with Gasteiger partial charge in [-0.05, 0) is 30.3 Å². The number of nitrogens with one attached hydrogen (secondary N) is 1. The number of anilines is 1. The molecule has 0 spiro atoms. The lowest BCUT2D eigenvalue weighted by molar-refractivity contribution is -0.145. The highest BCUT2D eigenvalue weighted by molar-refractivity contribution is 6.04. The van der Waals surface area contributed by atoms with Crippen molar-refractivity contribution in [2.24, 2.45) is 0 Å². The van der Waals surface area contributed by atoms with Crippen LogP contribution >= 0.6 is 0 Å². The Morgan fingerprint density at radius 2 is 1.66 bits per heavy atom. The number of aromatic carboxylic acids is 1. The molecule has 2 aromatic heterocycles. The fourth-order valence-electron chi connectivity index (χ4n) is 3.03. The zero-order valence-corrected chi connectivity index (χ0v) is 18.1. The first-order valence-electron chi connectivity index (χ1n) is 9.97. The van der Waals surface area contributed by atoms with Crippen LogP contribution in [0.3, 0.4) is 0 Å². The zero-order chi connectivity index (χ0) is 25.9. The number of rotatable bonds is 4. The molecule has 0 unspecified atom stereocenters. The van der Waals surface area contributed by atoms with Crippen LogP contribution in [-0.4, -0.2) is 36.5 Å². The van der Waals surface area contributed by atoms with E-state index in [0.717, 1.165) is 48.8 Å². The average molecular weight is 493 g/mol. The smallest absolute Gasteiger partial charge is 0.450 e. The molecular formula is C22H16F5N5O3. The summed E-state index contributed by atoms with van der Waals surface area (Å²) in [5.74, 6) is -6.74. The van der Waals surface area contributed by atoms with E-state index in [-0.39, 0.29) is 28.2 Å². The topological polar surface area (TPSA) is 110 Å². The third kappa shape index (κ3) is 5.08. The lowest BCUT2D eigenvalue weighted by Crippen LogP contribution is -2.18. The molecule has 0 saturated carbocycles. The maximum absolute atomic E-state index is 13.7. The van der Waals surface area contributed by atoms with Gasteiger partial charge >= 0.3 is 12.1 Å². The number of carboxylic acids is 1. The molecule has 0 aliphatic heterocycles. The number of amides is 1. The summed E-state index contributed by atoms with van der Waals surface area (Å²) in [6.45, 7) is 4.00. The standard InChI is InChI=1S/C20H10F5N5O3.C2H6/c21-10-2-1-3-11(22)16(10)17(31)29-14-7-27-15(8-26-14)30-13-5-4-9(18(32)33)6-12(13)28-19(30)20(23,24)25;1-2/h1-8H,(H,32,33)(H,26,29,31);1-2H3. The molecule has 1 amide bonds. The molecule has 4 rings (SSSR count). The third-order valence-electron chi connectivity index (χ3n) is 4.45. The quantitative estimate of drug-likeness (QED) is 0.384. The van der Waals surface area contributed by atoms with Crippen molar-refractivity contribution in [2.45, 2.75) is 20.0 Å². The second kappa shape index (κ2) is 9.83. The molecule has 35 heavy (non-hydrogen) atoms. The van der Waals surface area contributed by atoms with Crippen molar-refractivity contribution in [2.75, 3.05) is 5.32 Å². The Bertz CT molecular complexity index is 1380. The Morgan fingerprint density at radius 3 is 2.20 bits per heavy atom. The highest BCUT2D eigenvalue weighted by Gasteiger charge is 2.38. The molecule has 8 nitrogen and oxygen atoms in total. The number of carbonyl (C=O) groups is 2. The molecule has 0 atom stereocenters. The second-order valence-corrected chi connectivity index (χ2v) is 6.59. The van der Waals surface area contributed by atoms with E-state index < -0.39 is 41.1 Å². The molecule has 0 saturated heterocycles. The summed E-state index contributed by atoms with van der Waals surface area (Å²) < 4.78 is 68.8. The predicted octanol–water partition coefficient (Wildman–Crippen LogP) is 5.09. The van der Waals surface area contributed by atoms with E-state index in [4.69, 9.17) is 5.11 Å². The first-order chi connectivity index (χ1) is 16.6. The Kier molecular flexibility index (Phi) is 7.08. The Morgan fingerprint density at radius 1 is 1.00 bits per heavy atom. The van der Waals surface area contributed by atoms with Crippen LogP contribution in [0.1, 0.15) is 40.4 Å². The number of aromatic nitrogens is 4. The van der Waals surface area contributed by atoms with Crippen LogP contribution < -0.4 is 5.32 Å². The van der Waals surface area contributed by atoms with Gasteiger partial charge in [0.25, 0.3) is 5.91 Å². The van der Waals surface area contributed by atoms with Gasteiger partial charge in [-0.1, -0.05) is 19.9 Å². The van der Waals surface area contributed by atoms with Gasteiger partial charge in [-0.15, -0.1) is 0 Å².